The van der Waals surface area contributed by atoms with Crippen molar-refractivity contribution in [2.75, 3.05) is 0 Å². The lowest BCUT2D eigenvalue weighted by molar-refractivity contribution is -0.206. The summed E-state index contributed by atoms with van der Waals surface area (Å²) in [6, 6.07) is -0.364. The maximum absolute atomic E-state index is 10.9. The van der Waals surface area contributed by atoms with E-state index in [2.05, 4.69) is 38.6 Å². The molecule has 1 saturated heterocycles. The Bertz CT molecular complexity index is 606. The van der Waals surface area contributed by atoms with Gasteiger partial charge in [0.15, 0.2) is 0 Å². The molecule has 3 rings (SSSR count). The zero-order valence-corrected chi connectivity index (χ0v) is 16.9. The molecule has 0 amide bonds. The van der Waals surface area contributed by atoms with Gasteiger partial charge in [0, 0.05) is 11.8 Å². The van der Waals surface area contributed by atoms with Crippen LogP contribution in [-0.2, 0) is 4.74 Å². The van der Waals surface area contributed by atoms with Crippen LogP contribution in [0.25, 0.3) is 4.85 Å². The maximum Gasteiger partial charge on any atom is 0.255 e. The molecule has 2 aliphatic carbocycles. The van der Waals surface area contributed by atoms with Crippen LogP contribution >= 0.6 is 11.6 Å². The molecule has 3 nitrogen and oxygen atoms in total. The number of halogens is 1. The van der Waals surface area contributed by atoms with E-state index in [1.807, 2.05) is 6.92 Å². The highest BCUT2D eigenvalue weighted by Gasteiger charge is 2.59. The van der Waals surface area contributed by atoms with E-state index in [-0.39, 0.29) is 34.5 Å². The molecular formula is C21H32ClNO2. The summed E-state index contributed by atoms with van der Waals surface area (Å²) >= 11 is 6.51. The Kier molecular flexibility index (Phi) is 4.81. The number of fused-ring (bicyclic) bond motifs is 1. The largest absolute Gasteiger partial charge is 0.382 e. The predicted molar refractivity (Wildman–Crippen MR) is 102 cm³/mol. The zero-order chi connectivity index (χ0) is 18.6. The topological polar surface area (TPSA) is 33.8 Å². The summed E-state index contributed by atoms with van der Waals surface area (Å²) in [6.07, 6.45) is 6.78. The molecule has 140 valence electrons. The lowest BCUT2D eigenvalue weighted by Crippen LogP contribution is -2.60. The average Bonchev–Trinajstić information content (AvgIpc) is 2.50. The van der Waals surface area contributed by atoms with Crippen molar-refractivity contribution >= 4 is 11.6 Å². The second-order valence-electron chi connectivity index (χ2n) is 9.47. The van der Waals surface area contributed by atoms with Crippen molar-refractivity contribution < 1.29 is 9.84 Å². The average molecular weight is 366 g/mol. The predicted octanol–water partition coefficient (Wildman–Crippen LogP) is 4.97. The number of aliphatic hydroxyl groups is 1. The van der Waals surface area contributed by atoms with Gasteiger partial charge in [-0.25, -0.2) is 6.57 Å². The molecule has 7 atom stereocenters. The Morgan fingerprint density at radius 2 is 1.92 bits per heavy atom. The van der Waals surface area contributed by atoms with Crippen LogP contribution in [-0.4, -0.2) is 33.3 Å². The first kappa shape index (κ1) is 19.2. The van der Waals surface area contributed by atoms with Crippen molar-refractivity contribution in [3.63, 3.8) is 0 Å². The van der Waals surface area contributed by atoms with Crippen molar-refractivity contribution in [1.82, 2.24) is 0 Å². The number of alkyl halides is 1. The van der Waals surface area contributed by atoms with Gasteiger partial charge in [-0.2, -0.15) is 0 Å². The number of rotatable bonds is 1. The fraction of sp³-hybridized carbons (Fsp3) is 0.857. The smallest absolute Gasteiger partial charge is 0.255 e. The van der Waals surface area contributed by atoms with Crippen molar-refractivity contribution in [2.45, 2.75) is 94.9 Å². The maximum atomic E-state index is 10.9. The molecule has 0 radical (unpaired) electrons. The van der Waals surface area contributed by atoms with Crippen LogP contribution in [0.2, 0.25) is 0 Å². The van der Waals surface area contributed by atoms with E-state index in [0.29, 0.717) is 12.3 Å². The van der Waals surface area contributed by atoms with Gasteiger partial charge in [0.2, 0.25) is 0 Å². The van der Waals surface area contributed by atoms with Crippen molar-refractivity contribution in [3.8, 4) is 0 Å². The second kappa shape index (κ2) is 6.25. The molecule has 2 fully saturated rings. The van der Waals surface area contributed by atoms with Gasteiger partial charge in [0.25, 0.3) is 6.04 Å². The first-order chi connectivity index (χ1) is 11.5. The third kappa shape index (κ3) is 3.15. The molecule has 0 spiro atoms. The van der Waals surface area contributed by atoms with E-state index >= 15 is 0 Å². The summed E-state index contributed by atoms with van der Waals surface area (Å²) in [5.41, 5.74) is -0.190. The van der Waals surface area contributed by atoms with E-state index in [1.54, 1.807) is 0 Å². The molecule has 4 heteroatoms. The van der Waals surface area contributed by atoms with Crippen LogP contribution in [0, 0.1) is 24.3 Å². The Morgan fingerprint density at radius 1 is 1.24 bits per heavy atom. The molecule has 1 aliphatic heterocycles. The number of ether oxygens (including phenoxy) is 1. The summed E-state index contributed by atoms with van der Waals surface area (Å²) in [4.78, 5) is 3.94. The minimum atomic E-state index is -0.908. The van der Waals surface area contributed by atoms with Crippen molar-refractivity contribution in [2.24, 2.45) is 17.8 Å². The second-order valence-corrected chi connectivity index (χ2v) is 10.00. The van der Waals surface area contributed by atoms with E-state index in [4.69, 9.17) is 22.9 Å². The molecule has 1 N–H and O–H groups in total. The van der Waals surface area contributed by atoms with Crippen LogP contribution in [0.1, 0.15) is 66.7 Å². The Morgan fingerprint density at radius 3 is 2.52 bits per heavy atom. The van der Waals surface area contributed by atoms with Gasteiger partial charge in [0.05, 0.1) is 16.6 Å². The van der Waals surface area contributed by atoms with Crippen molar-refractivity contribution in [1.29, 1.82) is 0 Å². The van der Waals surface area contributed by atoms with Crippen LogP contribution in [0.5, 0.6) is 0 Å². The highest BCUT2D eigenvalue weighted by molar-refractivity contribution is 6.21. The molecule has 0 aromatic carbocycles. The molecule has 25 heavy (non-hydrogen) atoms. The highest BCUT2D eigenvalue weighted by atomic mass is 35.5. The highest BCUT2D eigenvalue weighted by Crippen LogP contribution is 2.55. The molecular weight excluding hydrogens is 334 g/mol. The van der Waals surface area contributed by atoms with Crippen LogP contribution in [0.15, 0.2) is 11.6 Å². The normalized spacial score (nSPS) is 49.7. The van der Waals surface area contributed by atoms with E-state index in [1.165, 1.54) is 5.57 Å². The van der Waals surface area contributed by atoms with Gasteiger partial charge in [-0.3, -0.25) is 0 Å². The van der Waals surface area contributed by atoms with Gasteiger partial charge in [-0.1, -0.05) is 11.6 Å². The number of hydrogen-bond donors (Lipinski definition) is 1. The molecule has 0 aromatic heterocycles. The van der Waals surface area contributed by atoms with Gasteiger partial charge in [-0.05, 0) is 72.6 Å². The third-order valence-electron chi connectivity index (χ3n) is 7.24. The first-order valence-corrected chi connectivity index (χ1v) is 10.1. The molecule has 1 saturated carbocycles. The first-order valence-electron chi connectivity index (χ1n) is 9.62. The van der Waals surface area contributed by atoms with Gasteiger partial charge < -0.3 is 14.7 Å². The van der Waals surface area contributed by atoms with E-state index in [9.17, 15) is 5.11 Å². The SMILES string of the molecule is [C-]#[N+][C@H]1[C@H]2[C@H]([C@]3(C)CC[C@@H](Cl)C(C)(C)O3)CC=C(C)[C@@H]2CC[C@]1(C)O. The summed E-state index contributed by atoms with van der Waals surface area (Å²) in [5.74, 6) is 0.782. The molecule has 3 aliphatic rings. The molecule has 0 bridgehead atoms. The van der Waals surface area contributed by atoms with E-state index in [0.717, 1.165) is 25.7 Å². The Balaban J connectivity index is 1.99. The Labute approximate surface area is 157 Å². The Hall–Kier alpha value is -0.560. The van der Waals surface area contributed by atoms with E-state index < -0.39 is 5.60 Å². The summed E-state index contributed by atoms with van der Waals surface area (Å²) in [5, 5.41) is 10.9. The minimum Gasteiger partial charge on any atom is -0.382 e. The zero-order valence-electron chi connectivity index (χ0n) is 16.2. The summed E-state index contributed by atoms with van der Waals surface area (Å²) in [7, 11) is 0. The monoisotopic (exact) mass is 365 g/mol. The fourth-order valence-corrected chi connectivity index (χ4v) is 5.85. The summed E-state index contributed by atoms with van der Waals surface area (Å²) in [6.45, 7) is 18.2. The van der Waals surface area contributed by atoms with Crippen molar-refractivity contribution in [3.05, 3.63) is 23.1 Å². The third-order valence-corrected chi connectivity index (χ3v) is 7.98. The molecule has 0 unspecified atom stereocenters. The minimum absolute atomic E-state index is 0.0170. The van der Waals surface area contributed by atoms with Crippen LogP contribution in [0.4, 0.5) is 0 Å². The van der Waals surface area contributed by atoms with Gasteiger partial charge >= 0.3 is 0 Å². The lowest BCUT2D eigenvalue weighted by atomic mass is 9.55. The molecule has 1 heterocycles. The van der Waals surface area contributed by atoms with Gasteiger partial charge in [0.1, 0.15) is 5.60 Å². The number of allylic oxidation sites excluding steroid dienone is 2. The van der Waals surface area contributed by atoms with Crippen LogP contribution in [0.3, 0.4) is 0 Å². The number of hydrogen-bond acceptors (Lipinski definition) is 2. The lowest BCUT2D eigenvalue weighted by Gasteiger charge is -2.55. The van der Waals surface area contributed by atoms with Gasteiger partial charge in [-0.15, -0.1) is 11.6 Å². The van der Waals surface area contributed by atoms with Crippen LogP contribution < -0.4 is 0 Å². The molecule has 0 aromatic rings. The number of nitrogens with zero attached hydrogens (tertiary/aromatic N) is 1. The standard InChI is InChI=1S/C21H32ClNO2/c1-13-7-8-15(21(5)12-10-16(22)19(2,3)25-21)17-14(13)9-11-20(4,24)18(17)23-6/h7,14-18,24H,8-12H2,1-5H3/t14-,15+,16+,17+,18-,20-,21-/m0/s1. The quantitative estimate of drug-likeness (QED) is 0.404. The summed E-state index contributed by atoms with van der Waals surface area (Å²) < 4.78 is 6.61. The fourth-order valence-electron chi connectivity index (χ4n) is 5.70.